The lowest BCUT2D eigenvalue weighted by molar-refractivity contribution is -0.136. The fourth-order valence-corrected chi connectivity index (χ4v) is 4.27. The molecule has 7 nitrogen and oxygen atoms in total. The molecule has 1 atom stereocenters. The molecule has 3 rings (SSSR count). The molecule has 154 valence electrons. The van der Waals surface area contributed by atoms with Crippen molar-refractivity contribution in [3.8, 4) is 0 Å². The van der Waals surface area contributed by atoms with Crippen molar-refractivity contribution < 1.29 is 22.7 Å². The Kier molecular flexibility index (Phi) is 6.53. The van der Waals surface area contributed by atoms with Gasteiger partial charge in [-0.1, -0.05) is 25.1 Å². The van der Waals surface area contributed by atoms with Crippen LogP contribution >= 0.6 is 0 Å². The van der Waals surface area contributed by atoms with Crippen LogP contribution in [0.25, 0.3) is 0 Å². The smallest absolute Gasteiger partial charge is 0.338 e. The average molecular weight is 416 g/mol. The summed E-state index contributed by atoms with van der Waals surface area (Å²) in [6.07, 6.45) is 2.05. The molecule has 0 saturated carbocycles. The molecule has 1 N–H and O–H groups in total. The molecular formula is C21H24N2O5S. The van der Waals surface area contributed by atoms with Crippen LogP contribution in [0.3, 0.4) is 0 Å². The van der Waals surface area contributed by atoms with Crippen molar-refractivity contribution >= 4 is 27.6 Å². The minimum atomic E-state index is -3.76. The maximum Gasteiger partial charge on any atom is 0.338 e. The number of carbonyl (C=O) groups is 2. The van der Waals surface area contributed by atoms with Gasteiger partial charge in [0.25, 0.3) is 15.9 Å². The van der Waals surface area contributed by atoms with Crippen LogP contribution in [0.4, 0.5) is 5.69 Å². The summed E-state index contributed by atoms with van der Waals surface area (Å²) in [5, 5.41) is 0. The molecule has 2 aromatic rings. The molecule has 1 saturated heterocycles. The summed E-state index contributed by atoms with van der Waals surface area (Å²) in [7, 11) is -3.76. The summed E-state index contributed by atoms with van der Waals surface area (Å²) in [6, 6.07) is 13.9. The molecule has 0 radical (unpaired) electrons. The van der Waals surface area contributed by atoms with Crippen molar-refractivity contribution in [3.05, 3.63) is 60.2 Å². The Hall–Kier alpha value is -2.87. The summed E-state index contributed by atoms with van der Waals surface area (Å²) in [5.41, 5.74) is 0.630. The van der Waals surface area contributed by atoms with Gasteiger partial charge in [0.15, 0.2) is 6.61 Å². The van der Waals surface area contributed by atoms with Crippen molar-refractivity contribution in [2.75, 3.05) is 24.4 Å². The second-order valence-corrected chi connectivity index (χ2v) is 8.84. The van der Waals surface area contributed by atoms with Gasteiger partial charge < -0.3 is 9.64 Å². The van der Waals surface area contributed by atoms with Crippen LogP contribution in [-0.4, -0.2) is 44.9 Å². The zero-order chi connectivity index (χ0) is 20.9. The highest BCUT2D eigenvalue weighted by atomic mass is 32.2. The molecule has 0 spiro atoms. The minimum absolute atomic E-state index is 0.0243. The third kappa shape index (κ3) is 5.57. The van der Waals surface area contributed by atoms with E-state index < -0.39 is 16.0 Å². The number of amides is 1. The molecule has 0 unspecified atom stereocenters. The van der Waals surface area contributed by atoms with Crippen molar-refractivity contribution in [1.29, 1.82) is 0 Å². The lowest BCUT2D eigenvalue weighted by Crippen LogP contribution is -2.41. The van der Waals surface area contributed by atoms with Gasteiger partial charge in [-0.05, 0) is 55.2 Å². The highest BCUT2D eigenvalue weighted by Crippen LogP contribution is 2.17. The number of esters is 1. The number of rotatable bonds is 6. The first-order valence-corrected chi connectivity index (χ1v) is 11.0. The average Bonchev–Trinajstić information content (AvgIpc) is 2.72. The largest absolute Gasteiger partial charge is 0.452 e. The van der Waals surface area contributed by atoms with Crippen LogP contribution in [0, 0.1) is 5.92 Å². The molecule has 0 bridgehead atoms. The van der Waals surface area contributed by atoms with Crippen molar-refractivity contribution in [3.63, 3.8) is 0 Å². The van der Waals surface area contributed by atoms with Gasteiger partial charge in [-0.2, -0.15) is 0 Å². The van der Waals surface area contributed by atoms with E-state index in [4.69, 9.17) is 4.74 Å². The van der Waals surface area contributed by atoms with Gasteiger partial charge in [-0.15, -0.1) is 0 Å². The number of nitrogens with one attached hydrogen (secondary N) is 1. The lowest BCUT2D eigenvalue weighted by atomic mass is 10.0. The number of benzene rings is 2. The highest BCUT2D eigenvalue weighted by Gasteiger charge is 2.22. The Morgan fingerprint density at radius 1 is 1.10 bits per heavy atom. The van der Waals surface area contributed by atoms with E-state index in [-0.39, 0.29) is 23.0 Å². The van der Waals surface area contributed by atoms with E-state index in [1.54, 1.807) is 35.2 Å². The molecular weight excluding hydrogens is 392 g/mol. The number of piperidine rings is 1. The first-order valence-electron chi connectivity index (χ1n) is 9.48. The van der Waals surface area contributed by atoms with E-state index in [0.29, 0.717) is 24.7 Å². The summed E-state index contributed by atoms with van der Waals surface area (Å²) in [6.45, 7) is 3.13. The Balaban J connectivity index is 1.58. The van der Waals surface area contributed by atoms with Crippen molar-refractivity contribution in [1.82, 2.24) is 4.90 Å². The van der Waals surface area contributed by atoms with Crippen LogP contribution in [0.5, 0.6) is 0 Å². The molecule has 0 aliphatic carbocycles. The van der Waals surface area contributed by atoms with Gasteiger partial charge >= 0.3 is 5.97 Å². The van der Waals surface area contributed by atoms with Gasteiger partial charge in [0.2, 0.25) is 0 Å². The number of para-hydroxylation sites is 1. The molecule has 1 aliphatic heterocycles. The van der Waals surface area contributed by atoms with E-state index >= 15 is 0 Å². The van der Waals surface area contributed by atoms with Crippen LogP contribution < -0.4 is 4.72 Å². The summed E-state index contributed by atoms with van der Waals surface area (Å²) >= 11 is 0. The van der Waals surface area contributed by atoms with Crippen LogP contribution in [0.2, 0.25) is 0 Å². The summed E-state index contributed by atoms with van der Waals surface area (Å²) in [5.74, 6) is -0.429. The van der Waals surface area contributed by atoms with Crippen LogP contribution in [0.15, 0.2) is 59.5 Å². The number of hydrogen-bond donors (Lipinski definition) is 1. The lowest BCUT2D eigenvalue weighted by Gasteiger charge is -2.30. The minimum Gasteiger partial charge on any atom is -0.452 e. The van der Waals surface area contributed by atoms with E-state index in [1.807, 2.05) is 0 Å². The third-order valence-electron chi connectivity index (χ3n) is 4.76. The Morgan fingerprint density at radius 3 is 2.45 bits per heavy atom. The normalized spacial score (nSPS) is 16.9. The van der Waals surface area contributed by atoms with Gasteiger partial charge in [-0.25, -0.2) is 13.2 Å². The number of carbonyl (C=O) groups excluding carboxylic acids is 2. The number of hydrogen-bond acceptors (Lipinski definition) is 5. The standard InChI is InChI=1S/C21H24N2O5S/c1-16-6-5-13-23(14-16)20(24)15-28-21(25)17-9-11-19(12-10-17)29(26,27)22-18-7-3-2-4-8-18/h2-4,7-12,16,22H,5-6,13-15H2,1H3/t16-/m0/s1. The van der Waals surface area contributed by atoms with Gasteiger partial charge in [0.05, 0.1) is 10.5 Å². The van der Waals surface area contributed by atoms with Gasteiger partial charge in [0.1, 0.15) is 0 Å². The summed E-state index contributed by atoms with van der Waals surface area (Å²) in [4.78, 5) is 26.1. The quantitative estimate of drug-likeness (QED) is 0.731. The molecule has 2 aromatic carbocycles. The Morgan fingerprint density at radius 2 is 1.79 bits per heavy atom. The Labute approximate surface area is 170 Å². The zero-order valence-corrected chi connectivity index (χ0v) is 17.0. The highest BCUT2D eigenvalue weighted by molar-refractivity contribution is 7.92. The molecule has 1 heterocycles. The van der Waals surface area contributed by atoms with Crippen LogP contribution in [-0.2, 0) is 19.6 Å². The fraction of sp³-hybridized carbons (Fsp3) is 0.333. The number of sulfonamides is 1. The second kappa shape index (κ2) is 9.09. The monoisotopic (exact) mass is 416 g/mol. The number of ether oxygens (including phenoxy) is 1. The number of anilines is 1. The van der Waals surface area contributed by atoms with Gasteiger partial charge in [0, 0.05) is 18.8 Å². The topological polar surface area (TPSA) is 92.8 Å². The molecule has 1 aliphatic rings. The Bertz CT molecular complexity index is 958. The molecule has 1 amide bonds. The first kappa shape index (κ1) is 20.9. The molecule has 1 fully saturated rings. The van der Waals surface area contributed by atoms with E-state index in [1.165, 1.54) is 24.3 Å². The maximum atomic E-state index is 12.4. The van der Waals surface area contributed by atoms with E-state index in [9.17, 15) is 18.0 Å². The second-order valence-electron chi connectivity index (χ2n) is 7.16. The van der Waals surface area contributed by atoms with Crippen LogP contribution in [0.1, 0.15) is 30.1 Å². The van der Waals surface area contributed by atoms with Gasteiger partial charge in [-0.3, -0.25) is 9.52 Å². The predicted molar refractivity (Wildman–Crippen MR) is 109 cm³/mol. The predicted octanol–water partition coefficient (Wildman–Crippen LogP) is 2.90. The third-order valence-corrected chi connectivity index (χ3v) is 6.16. The summed E-state index contributed by atoms with van der Waals surface area (Å²) < 4.78 is 32.4. The maximum absolute atomic E-state index is 12.4. The first-order chi connectivity index (χ1) is 13.8. The van der Waals surface area contributed by atoms with Crippen molar-refractivity contribution in [2.45, 2.75) is 24.7 Å². The fourth-order valence-electron chi connectivity index (χ4n) is 3.21. The van der Waals surface area contributed by atoms with E-state index in [0.717, 1.165) is 12.8 Å². The molecule has 8 heteroatoms. The zero-order valence-electron chi connectivity index (χ0n) is 16.2. The molecule has 0 aromatic heterocycles. The number of nitrogens with zero attached hydrogens (tertiary/aromatic N) is 1. The molecule has 29 heavy (non-hydrogen) atoms. The SMILES string of the molecule is C[C@H]1CCCN(C(=O)COC(=O)c2ccc(S(=O)(=O)Nc3ccccc3)cc2)C1. The van der Waals surface area contributed by atoms with Crippen molar-refractivity contribution in [2.24, 2.45) is 5.92 Å². The van der Waals surface area contributed by atoms with E-state index in [2.05, 4.69) is 11.6 Å². The number of likely N-dealkylation sites (tertiary alicyclic amines) is 1.